The Morgan fingerprint density at radius 3 is 2.67 bits per heavy atom. The van der Waals surface area contributed by atoms with Crippen LogP contribution in [0.5, 0.6) is 0 Å². The van der Waals surface area contributed by atoms with Gasteiger partial charge in [0.25, 0.3) is 5.91 Å². The van der Waals surface area contributed by atoms with Crippen LogP contribution in [0.4, 0.5) is 15.5 Å². The standard InChI is InChI=1S/C16H14FN5OS/c17-12-4-2-11(3-5-12)6-9-18-14(23)13-10-24-16(21-13)22-15-19-7-1-8-20-15/h1-5,7-8,10H,6,9H2,(H,18,23)(H,19,20,21,22). The average molecular weight is 343 g/mol. The lowest BCUT2D eigenvalue weighted by Crippen LogP contribution is -2.26. The summed E-state index contributed by atoms with van der Waals surface area (Å²) < 4.78 is 12.8. The van der Waals surface area contributed by atoms with E-state index in [1.165, 1.54) is 23.5 Å². The van der Waals surface area contributed by atoms with Gasteiger partial charge in [-0.1, -0.05) is 12.1 Å². The van der Waals surface area contributed by atoms with Gasteiger partial charge in [-0.2, -0.15) is 0 Å². The van der Waals surface area contributed by atoms with Crippen molar-refractivity contribution in [3.05, 3.63) is 65.2 Å². The van der Waals surface area contributed by atoms with Crippen molar-refractivity contribution in [2.45, 2.75) is 6.42 Å². The molecule has 122 valence electrons. The Morgan fingerprint density at radius 2 is 1.92 bits per heavy atom. The van der Waals surface area contributed by atoms with Gasteiger partial charge in [0.2, 0.25) is 5.95 Å². The number of aromatic nitrogens is 3. The maximum absolute atomic E-state index is 12.8. The first kappa shape index (κ1) is 16.0. The van der Waals surface area contributed by atoms with Crippen LogP contribution >= 0.6 is 11.3 Å². The normalized spacial score (nSPS) is 10.4. The van der Waals surface area contributed by atoms with Crippen LogP contribution in [0.1, 0.15) is 16.1 Å². The minimum Gasteiger partial charge on any atom is -0.350 e. The second kappa shape index (κ2) is 7.60. The number of rotatable bonds is 6. The van der Waals surface area contributed by atoms with E-state index in [9.17, 15) is 9.18 Å². The van der Waals surface area contributed by atoms with E-state index in [4.69, 9.17) is 0 Å². The summed E-state index contributed by atoms with van der Waals surface area (Å²) in [7, 11) is 0. The number of amides is 1. The van der Waals surface area contributed by atoms with E-state index in [0.717, 1.165) is 5.56 Å². The monoisotopic (exact) mass is 343 g/mol. The van der Waals surface area contributed by atoms with Gasteiger partial charge < -0.3 is 10.6 Å². The highest BCUT2D eigenvalue weighted by Gasteiger charge is 2.11. The minimum absolute atomic E-state index is 0.254. The molecule has 3 aromatic rings. The molecule has 0 aliphatic heterocycles. The number of nitrogens with one attached hydrogen (secondary N) is 2. The maximum atomic E-state index is 12.8. The van der Waals surface area contributed by atoms with Crippen LogP contribution in [0, 0.1) is 5.82 Å². The van der Waals surface area contributed by atoms with Crippen molar-refractivity contribution in [3.8, 4) is 0 Å². The van der Waals surface area contributed by atoms with Gasteiger partial charge in [0.15, 0.2) is 5.13 Å². The van der Waals surface area contributed by atoms with Crippen molar-refractivity contribution in [2.75, 3.05) is 11.9 Å². The fraction of sp³-hybridized carbons (Fsp3) is 0.125. The largest absolute Gasteiger partial charge is 0.350 e. The predicted octanol–water partition coefficient (Wildman–Crippen LogP) is 2.79. The zero-order chi connectivity index (χ0) is 16.8. The molecule has 2 N–H and O–H groups in total. The molecule has 2 aromatic heterocycles. The van der Waals surface area contributed by atoms with E-state index in [-0.39, 0.29) is 11.7 Å². The molecule has 3 rings (SSSR count). The van der Waals surface area contributed by atoms with Crippen LogP contribution in [0.2, 0.25) is 0 Å². The van der Waals surface area contributed by atoms with Crippen LogP contribution in [0.3, 0.4) is 0 Å². The van der Waals surface area contributed by atoms with E-state index >= 15 is 0 Å². The Morgan fingerprint density at radius 1 is 1.17 bits per heavy atom. The maximum Gasteiger partial charge on any atom is 0.270 e. The molecule has 0 saturated carbocycles. The first-order chi connectivity index (χ1) is 11.7. The molecule has 1 amide bonds. The Balaban J connectivity index is 1.51. The summed E-state index contributed by atoms with van der Waals surface area (Å²) in [6.45, 7) is 0.451. The highest BCUT2D eigenvalue weighted by molar-refractivity contribution is 7.14. The van der Waals surface area contributed by atoms with E-state index < -0.39 is 0 Å². The van der Waals surface area contributed by atoms with Crippen molar-refractivity contribution in [1.82, 2.24) is 20.3 Å². The highest BCUT2D eigenvalue weighted by atomic mass is 32.1. The van der Waals surface area contributed by atoms with Crippen molar-refractivity contribution in [3.63, 3.8) is 0 Å². The molecule has 6 nitrogen and oxygen atoms in total. The van der Waals surface area contributed by atoms with Crippen LogP contribution in [0.25, 0.3) is 0 Å². The van der Waals surface area contributed by atoms with Crippen LogP contribution in [0.15, 0.2) is 48.1 Å². The Kier molecular flexibility index (Phi) is 5.07. The summed E-state index contributed by atoms with van der Waals surface area (Å²) in [5, 5.41) is 7.94. The number of hydrogen-bond acceptors (Lipinski definition) is 6. The third kappa shape index (κ3) is 4.32. The number of thiazole rings is 1. The van der Waals surface area contributed by atoms with Crippen molar-refractivity contribution >= 4 is 28.3 Å². The van der Waals surface area contributed by atoms with Gasteiger partial charge in [-0.25, -0.2) is 19.3 Å². The molecule has 0 saturated heterocycles. The SMILES string of the molecule is O=C(NCCc1ccc(F)cc1)c1csc(Nc2ncccn2)n1. The summed E-state index contributed by atoms with van der Waals surface area (Å²) in [6, 6.07) is 7.92. The van der Waals surface area contributed by atoms with Gasteiger partial charge in [0.1, 0.15) is 11.5 Å². The van der Waals surface area contributed by atoms with E-state index in [1.807, 2.05) is 0 Å². The number of halogens is 1. The topological polar surface area (TPSA) is 79.8 Å². The van der Waals surface area contributed by atoms with E-state index in [1.54, 1.807) is 36.0 Å². The first-order valence-electron chi connectivity index (χ1n) is 7.23. The molecule has 0 fully saturated rings. The number of carbonyl (C=O) groups is 1. The van der Waals surface area contributed by atoms with Crippen molar-refractivity contribution in [1.29, 1.82) is 0 Å². The average Bonchev–Trinajstić information content (AvgIpc) is 3.06. The zero-order valence-corrected chi connectivity index (χ0v) is 13.4. The van der Waals surface area contributed by atoms with E-state index in [2.05, 4.69) is 25.6 Å². The number of hydrogen-bond donors (Lipinski definition) is 2. The first-order valence-corrected chi connectivity index (χ1v) is 8.11. The fourth-order valence-electron chi connectivity index (χ4n) is 1.96. The Bertz CT molecular complexity index is 807. The van der Waals surface area contributed by atoms with Gasteiger partial charge in [-0.15, -0.1) is 11.3 Å². The zero-order valence-electron chi connectivity index (χ0n) is 12.6. The molecule has 8 heteroatoms. The summed E-state index contributed by atoms with van der Waals surface area (Å²) in [5.74, 6) is -0.0989. The Labute approximate surface area is 141 Å². The molecule has 0 atom stereocenters. The van der Waals surface area contributed by atoms with Gasteiger partial charge >= 0.3 is 0 Å². The molecule has 24 heavy (non-hydrogen) atoms. The molecular formula is C16H14FN5OS. The minimum atomic E-state index is -0.271. The lowest BCUT2D eigenvalue weighted by atomic mass is 10.1. The summed E-state index contributed by atoms with van der Waals surface area (Å²) >= 11 is 1.30. The molecule has 0 radical (unpaired) electrons. The van der Waals surface area contributed by atoms with Crippen LogP contribution in [-0.4, -0.2) is 27.4 Å². The van der Waals surface area contributed by atoms with Crippen molar-refractivity contribution < 1.29 is 9.18 Å². The number of carbonyl (C=O) groups excluding carboxylic acids is 1. The van der Waals surface area contributed by atoms with Gasteiger partial charge in [-0.05, 0) is 30.2 Å². The lowest BCUT2D eigenvalue weighted by Gasteiger charge is -2.03. The predicted molar refractivity (Wildman–Crippen MR) is 89.9 cm³/mol. The smallest absolute Gasteiger partial charge is 0.270 e. The molecule has 0 spiro atoms. The molecule has 0 aliphatic rings. The molecule has 1 aromatic carbocycles. The molecule has 0 unspecified atom stereocenters. The third-order valence-electron chi connectivity index (χ3n) is 3.13. The Hall–Kier alpha value is -2.87. The molecule has 0 aliphatic carbocycles. The number of nitrogens with zero attached hydrogens (tertiary/aromatic N) is 3. The van der Waals surface area contributed by atoms with Gasteiger partial charge in [-0.3, -0.25) is 4.79 Å². The second-order valence-corrected chi connectivity index (χ2v) is 5.73. The summed E-state index contributed by atoms with van der Waals surface area (Å²) in [5.41, 5.74) is 1.29. The highest BCUT2D eigenvalue weighted by Crippen LogP contribution is 2.18. The third-order valence-corrected chi connectivity index (χ3v) is 3.89. The lowest BCUT2D eigenvalue weighted by molar-refractivity contribution is 0.0950. The summed E-state index contributed by atoms with van der Waals surface area (Å²) in [6.07, 6.45) is 3.86. The second-order valence-electron chi connectivity index (χ2n) is 4.87. The van der Waals surface area contributed by atoms with Gasteiger partial charge in [0, 0.05) is 24.3 Å². The van der Waals surface area contributed by atoms with Crippen LogP contribution in [-0.2, 0) is 6.42 Å². The van der Waals surface area contributed by atoms with Crippen LogP contribution < -0.4 is 10.6 Å². The van der Waals surface area contributed by atoms with Crippen molar-refractivity contribution in [2.24, 2.45) is 0 Å². The summed E-state index contributed by atoms with van der Waals surface area (Å²) in [4.78, 5) is 24.3. The number of benzene rings is 1. The fourth-order valence-corrected chi connectivity index (χ4v) is 2.64. The quantitative estimate of drug-likeness (QED) is 0.719. The van der Waals surface area contributed by atoms with E-state index in [0.29, 0.717) is 29.7 Å². The van der Waals surface area contributed by atoms with Gasteiger partial charge in [0.05, 0.1) is 0 Å². The number of anilines is 2. The molecular weight excluding hydrogens is 329 g/mol. The molecule has 0 bridgehead atoms. The molecule has 2 heterocycles.